The summed E-state index contributed by atoms with van der Waals surface area (Å²) in [5, 5.41) is 3.30. The predicted octanol–water partition coefficient (Wildman–Crippen LogP) is 3.61. The number of methoxy groups -OCH3 is 1. The Kier molecular flexibility index (Phi) is 4.70. The van der Waals surface area contributed by atoms with Gasteiger partial charge in [0.25, 0.3) is 4.82 Å². The van der Waals surface area contributed by atoms with Crippen molar-refractivity contribution in [2.75, 3.05) is 7.11 Å². The standard InChI is InChI=1S/C9H8BrCl2NO2/c1-15-6-3-2-5(4-13-9(10)14)7(11)8(6)12/h2-3H,4H2,1H3,(H,13,14). The van der Waals surface area contributed by atoms with E-state index in [2.05, 4.69) is 21.2 Å². The van der Waals surface area contributed by atoms with E-state index in [9.17, 15) is 4.79 Å². The van der Waals surface area contributed by atoms with Gasteiger partial charge < -0.3 is 10.1 Å². The molecular weight excluding hydrogens is 305 g/mol. The highest BCUT2D eigenvalue weighted by atomic mass is 79.9. The van der Waals surface area contributed by atoms with Crippen molar-refractivity contribution in [1.29, 1.82) is 0 Å². The average Bonchev–Trinajstić information content (AvgIpc) is 2.20. The van der Waals surface area contributed by atoms with Gasteiger partial charge in [0.1, 0.15) is 10.8 Å². The number of benzene rings is 1. The highest BCUT2D eigenvalue weighted by Gasteiger charge is 2.10. The summed E-state index contributed by atoms with van der Waals surface area (Å²) >= 11 is 14.7. The van der Waals surface area contributed by atoms with E-state index in [0.29, 0.717) is 22.3 Å². The van der Waals surface area contributed by atoms with Crippen LogP contribution in [0.1, 0.15) is 5.56 Å². The van der Waals surface area contributed by atoms with Gasteiger partial charge in [-0.05, 0) is 11.6 Å². The summed E-state index contributed by atoms with van der Waals surface area (Å²) in [4.78, 5) is 10.3. The molecule has 0 atom stereocenters. The molecule has 15 heavy (non-hydrogen) atoms. The van der Waals surface area contributed by atoms with Crippen LogP contribution in [0.25, 0.3) is 0 Å². The molecular formula is C9H8BrCl2NO2. The Bertz CT molecular complexity index is 385. The van der Waals surface area contributed by atoms with Gasteiger partial charge in [0, 0.05) is 22.5 Å². The van der Waals surface area contributed by atoms with Crippen molar-refractivity contribution >= 4 is 43.9 Å². The Morgan fingerprint density at radius 1 is 1.47 bits per heavy atom. The number of amides is 1. The van der Waals surface area contributed by atoms with Gasteiger partial charge in [-0.15, -0.1) is 0 Å². The zero-order chi connectivity index (χ0) is 11.4. The van der Waals surface area contributed by atoms with Crippen molar-refractivity contribution in [1.82, 2.24) is 5.32 Å². The third kappa shape index (κ3) is 3.26. The summed E-state index contributed by atoms with van der Waals surface area (Å²) in [5.41, 5.74) is 0.732. The molecule has 0 radical (unpaired) electrons. The molecule has 1 rings (SSSR count). The topological polar surface area (TPSA) is 38.3 Å². The first kappa shape index (κ1) is 12.6. The van der Waals surface area contributed by atoms with Crippen LogP contribution < -0.4 is 10.1 Å². The van der Waals surface area contributed by atoms with Crippen molar-refractivity contribution in [3.05, 3.63) is 27.7 Å². The van der Waals surface area contributed by atoms with Crippen LogP contribution in [0.4, 0.5) is 4.79 Å². The second-order valence-corrected chi connectivity index (χ2v) is 4.16. The van der Waals surface area contributed by atoms with Gasteiger partial charge >= 0.3 is 0 Å². The fourth-order valence-corrected chi connectivity index (χ4v) is 1.66. The molecule has 0 aromatic heterocycles. The van der Waals surface area contributed by atoms with Crippen molar-refractivity contribution in [2.45, 2.75) is 6.54 Å². The van der Waals surface area contributed by atoms with Gasteiger partial charge in [0.05, 0.1) is 12.1 Å². The minimum Gasteiger partial charge on any atom is -0.495 e. The normalized spacial score (nSPS) is 9.87. The molecule has 3 nitrogen and oxygen atoms in total. The molecule has 0 aliphatic rings. The number of nitrogens with one attached hydrogen (secondary N) is 1. The quantitative estimate of drug-likeness (QED) is 0.684. The number of ether oxygens (including phenoxy) is 1. The lowest BCUT2D eigenvalue weighted by Crippen LogP contribution is -2.15. The fourth-order valence-electron chi connectivity index (χ4n) is 1.03. The fraction of sp³-hybridized carbons (Fsp3) is 0.222. The van der Waals surface area contributed by atoms with Crippen molar-refractivity contribution in [3.8, 4) is 5.75 Å². The number of carbonyl (C=O) groups is 1. The van der Waals surface area contributed by atoms with Crippen molar-refractivity contribution < 1.29 is 9.53 Å². The van der Waals surface area contributed by atoms with Gasteiger partial charge in [-0.3, -0.25) is 4.79 Å². The highest BCUT2D eigenvalue weighted by molar-refractivity contribution is 9.18. The molecule has 0 saturated carbocycles. The van der Waals surface area contributed by atoms with Crippen LogP contribution in [0.15, 0.2) is 12.1 Å². The van der Waals surface area contributed by atoms with E-state index in [4.69, 9.17) is 27.9 Å². The maximum atomic E-state index is 10.6. The summed E-state index contributed by atoms with van der Waals surface area (Å²) in [6.45, 7) is 0.312. The minimum absolute atomic E-state index is 0.300. The maximum Gasteiger partial charge on any atom is 0.287 e. The van der Waals surface area contributed by atoms with E-state index in [0.717, 1.165) is 5.56 Å². The first-order valence-electron chi connectivity index (χ1n) is 4.00. The molecule has 1 N–H and O–H groups in total. The van der Waals surface area contributed by atoms with E-state index >= 15 is 0 Å². The van der Waals surface area contributed by atoms with Gasteiger partial charge in [-0.2, -0.15) is 0 Å². The molecule has 1 amide bonds. The Hall–Kier alpha value is -0.450. The van der Waals surface area contributed by atoms with Crippen LogP contribution in [0.2, 0.25) is 10.0 Å². The monoisotopic (exact) mass is 311 g/mol. The van der Waals surface area contributed by atoms with E-state index in [-0.39, 0.29) is 4.82 Å². The maximum absolute atomic E-state index is 10.6. The lowest BCUT2D eigenvalue weighted by atomic mass is 10.2. The molecule has 82 valence electrons. The van der Waals surface area contributed by atoms with Gasteiger partial charge in [-0.1, -0.05) is 29.3 Å². The molecule has 1 aromatic carbocycles. The zero-order valence-corrected chi connectivity index (χ0v) is 10.9. The second kappa shape index (κ2) is 5.58. The van der Waals surface area contributed by atoms with E-state index in [1.807, 2.05) is 0 Å². The van der Waals surface area contributed by atoms with Crippen molar-refractivity contribution in [2.24, 2.45) is 0 Å². The third-order valence-corrected chi connectivity index (χ3v) is 2.95. The zero-order valence-electron chi connectivity index (χ0n) is 7.81. The Balaban J connectivity index is 2.91. The van der Waals surface area contributed by atoms with Crippen LogP contribution in [0.3, 0.4) is 0 Å². The molecule has 0 heterocycles. The molecule has 0 bridgehead atoms. The lowest BCUT2D eigenvalue weighted by Gasteiger charge is -2.09. The first-order valence-corrected chi connectivity index (χ1v) is 5.55. The molecule has 0 aliphatic heterocycles. The van der Waals surface area contributed by atoms with Crippen molar-refractivity contribution in [3.63, 3.8) is 0 Å². The van der Waals surface area contributed by atoms with Crippen LogP contribution in [0, 0.1) is 0 Å². The molecule has 0 unspecified atom stereocenters. The van der Waals surface area contributed by atoms with Crippen LogP contribution in [0.5, 0.6) is 5.75 Å². The summed E-state index contributed by atoms with van der Waals surface area (Å²) in [6, 6.07) is 3.44. The predicted molar refractivity (Wildman–Crippen MR) is 64.2 cm³/mol. The SMILES string of the molecule is COc1ccc(CNC(=O)Br)c(Cl)c1Cl. The molecule has 0 spiro atoms. The largest absolute Gasteiger partial charge is 0.495 e. The molecule has 6 heteroatoms. The summed E-state index contributed by atoms with van der Waals surface area (Å²) in [7, 11) is 1.51. The minimum atomic E-state index is -0.300. The van der Waals surface area contributed by atoms with Crippen LogP contribution >= 0.6 is 39.1 Å². The second-order valence-electron chi connectivity index (χ2n) is 2.68. The van der Waals surface area contributed by atoms with E-state index in [1.54, 1.807) is 12.1 Å². The van der Waals surface area contributed by atoms with Gasteiger partial charge in [-0.25, -0.2) is 0 Å². The highest BCUT2D eigenvalue weighted by Crippen LogP contribution is 2.34. The Morgan fingerprint density at radius 2 is 2.13 bits per heavy atom. The number of hydrogen-bond acceptors (Lipinski definition) is 2. The molecule has 1 aromatic rings. The number of hydrogen-bond donors (Lipinski definition) is 1. The number of halogens is 3. The third-order valence-electron chi connectivity index (χ3n) is 1.76. The molecule has 0 fully saturated rings. The van der Waals surface area contributed by atoms with E-state index in [1.165, 1.54) is 7.11 Å². The van der Waals surface area contributed by atoms with Crippen LogP contribution in [-0.4, -0.2) is 11.9 Å². The summed E-state index contributed by atoms with van der Waals surface area (Å²) < 4.78 is 4.99. The summed E-state index contributed by atoms with van der Waals surface area (Å²) in [6.07, 6.45) is 0. The average molecular weight is 313 g/mol. The van der Waals surface area contributed by atoms with E-state index < -0.39 is 0 Å². The number of carbonyl (C=O) groups excluding carboxylic acids is 1. The molecule has 0 aliphatic carbocycles. The first-order chi connectivity index (χ1) is 7.06. The Labute approximate surface area is 106 Å². The lowest BCUT2D eigenvalue weighted by molar-refractivity contribution is 0.261. The van der Waals surface area contributed by atoms with Gasteiger partial charge in [0.2, 0.25) is 0 Å². The number of rotatable bonds is 3. The van der Waals surface area contributed by atoms with Gasteiger partial charge in [0.15, 0.2) is 0 Å². The molecule has 0 saturated heterocycles. The smallest absolute Gasteiger partial charge is 0.287 e. The van der Waals surface area contributed by atoms with Crippen LogP contribution in [-0.2, 0) is 6.54 Å². The summed E-state index contributed by atoms with van der Waals surface area (Å²) in [5.74, 6) is 0.510. The Morgan fingerprint density at radius 3 is 2.67 bits per heavy atom.